The fourth-order valence-corrected chi connectivity index (χ4v) is 3.92. The zero-order valence-corrected chi connectivity index (χ0v) is 17.5. The van der Waals surface area contributed by atoms with E-state index in [0.717, 1.165) is 23.0 Å². The zero-order chi connectivity index (χ0) is 21.3. The molecule has 0 unspecified atom stereocenters. The van der Waals surface area contributed by atoms with E-state index < -0.39 is 0 Å². The van der Waals surface area contributed by atoms with Gasteiger partial charge in [-0.2, -0.15) is 0 Å². The topological polar surface area (TPSA) is 34.0 Å². The highest BCUT2D eigenvalue weighted by molar-refractivity contribution is 5.99. The third-order valence-electron chi connectivity index (χ3n) is 5.67. The lowest BCUT2D eigenvalue weighted by atomic mass is 10.1. The van der Waals surface area contributed by atoms with E-state index in [0.29, 0.717) is 12.1 Å². The highest BCUT2D eigenvalue weighted by Crippen LogP contribution is 2.27. The fraction of sp³-hybridized carbons (Fsp3) is 0.192. The van der Waals surface area contributed by atoms with E-state index >= 15 is 0 Å². The normalized spacial score (nSPS) is 11.1. The van der Waals surface area contributed by atoms with Crippen LogP contribution in [0.15, 0.2) is 66.7 Å². The lowest BCUT2D eigenvalue weighted by molar-refractivity contribution is 0.0951. The van der Waals surface area contributed by atoms with Crippen LogP contribution in [0.4, 0.5) is 4.39 Å². The molecule has 0 aliphatic rings. The van der Waals surface area contributed by atoms with Gasteiger partial charge >= 0.3 is 0 Å². The number of aryl methyl sites for hydroxylation is 2. The quantitative estimate of drug-likeness (QED) is 0.459. The molecule has 152 valence electrons. The van der Waals surface area contributed by atoms with Crippen molar-refractivity contribution in [2.45, 2.75) is 33.9 Å². The van der Waals surface area contributed by atoms with E-state index in [1.807, 2.05) is 18.2 Å². The van der Waals surface area contributed by atoms with Crippen molar-refractivity contribution < 1.29 is 9.18 Å². The van der Waals surface area contributed by atoms with Gasteiger partial charge in [-0.1, -0.05) is 42.0 Å². The van der Waals surface area contributed by atoms with Gasteiger partial charge in [-0.15, -0.1) is 0 Å². The number of carbonyl (C=O) groups excluding carboxylic acids is 1. The molecule has 0 radical (unpaired) electrons. The molecule has 3 aromatic carbocycles. The number of rotatable bonds is 5. The zero-order valence-electron chi connectivity index (χ0n) is 17.5. The van der Waals surface area contributed by atoms with Crippen LogP contribution in [0.1, 0.15) is 38.3 Å². The maximum atomic E-state index is 13.3. The number of fused-ring (bicyclic) bond motifs is 1. The van der Waals surface area contributed by atoms with Crippen molar-refractivity contribution in [1.82, 2.24) is 9.88 Å². The summed E-state index contributed by atoms with van der Waals surface area (Å²) in [7, 11) is 0. The minimum atomic E-state index is -0.302. The molecule has 4 rings (SSSR count). The number of nitrogens with zero attached hydrogens (tertiary/aromatic N) is 1. The fourth-order valence-electron chi connectivity index (χ4n) is 3.92. The number of benzene rings is 3. The third kappa shape index (κ3) is 3.99. The number of hydrogen-bond acceptors (Lipinski definition) is 1. The Bertz CT molecular complexity index is 1240. The summed E-state index contributed by atoms with van der Waals surface area (Å²) in [6, 6.07) is 20.6. The summed E-state index contributed by atoms with van der Waals surface area (Å²) in [6.07, 6.45) is 0. The summed E-state index contributed by atoms with van der Waals surface area (Å²) in [5.41, 5.74) is 7.34. The van der Waals surface area contributed by atoms with Crippen molar-refractivity contribution in [3.8, 4) is 0 Å². The van der Waals surface area contributed by atoms with E-state index in [1.54, 1.807) is 12.1 Å². The average molecular weight is 400 g/mol. The monoisotopic (exact) mass is 400 g/mol. The van der Waals surface area contributed by atoms with Crippen LogP contribution >= 0.6 is 0 Å². The van der Waals surface area contributed by atoms with Gasteiger partial charge in [0.25, 0.3) is 5.91 Å². The second kappa shape index (κ2) is 8.15. The first-order valence-corrected chi connectivity index (χ1v) is 10.1. The van der Waals surface area contributed by atoms with Crippen molar-refractivity contribution in [1.29, 1.82) is 0 Å². The molecular formula is C26H25FN2O. The molecule has 3 nitrogen and oxygen atoms in total. The van der Waals surface area contributed by atoms with E-state index in [1.165, 1.54) is 34.5 Å². The summed E-state index contributed by atoms with van der Waals surface area (Å²) in [5.74, 6) is -0.464. The van der Waals surface area contributed by atoms with E-state index in [4.69, 9.17) is 0 Å². The Balaban J connectivity index is 1.59. The Kier molecular flexibility index (Phi) is 5.40. The lowest BCUT2D eigenvalue weighted by Gasteiger charge is -2.10. The predicted octanol–water partition coefficient (Wildman–Crippen LogP) is 5.68. The van der Waals surface area contributed by atoms with Crippen molar-refractivity contribution in [2.24, 2.45) is 0 Å². The Hall–Kier alpha value is -3.40. The van der Waals surface area contributed by atoms with Crippen LogP contribution in [0, 0.1) is 26.6 Å². The number of nitrogens with one attached hydrogen (secondary N) is 1. The summed E-state index contributed by atoms with van der Waals surface area (Å²) in [5, 5.41) is 3.96. The number of amides is 1. The van der Waals surface area contributed by atoms with Crippen LogP contribution in [0.5, 0.6) is 0 Å². The molecule has 4 heteroatoms. The maximum Gasteiger partial charge on any atom is 0.251 e. The number of aromatic nitrogens is 1. The van der Waals surface area contributed by atoms with Crippen molar-refractivity contribution in [2.75, 3.05) is 0 Å². The third-order valence-corrected chi connectivity index (χ3v) is 5.67. The van der Waals surface area contributed by atoms with Crippen LogP contribution < -0.4 is 5.32 Å². The molecule has 0 spiro atoms. The number of carbonyl (C=O) groups is 1. The maximum absolute atomic E-state index is 13.3. The largest absolute Gasteiger partial charge is 0.348 e. The van der Waals surface area contributed by atoms with Gasteiger partial charge in [0.1, 0.15) is 5.82 Å². The van der Waals surface area contributed by atoms with Gasteiger partial charge < -0.3 is 9.88 Å². The van der Waals surface area contributed by atoms with Crippen LogP contribution in [0.3, 0.4) is 0 Å². The Morgan fingerprint density at radius 2 is 1.70 bits per heavy atom. The first kappa shape index (κ1) is 19.9. The molecule has 0 atom stereocenters. The summed E-state index contributed by atoms with van der Waals surface area (Å²) in [4.78, 5) is 12.7. The van der Waals surface area contributed by atoms with E-state index in [9.17, 15) is 9.18 Å². The van der Waals surface area contributed by atoms with Crippen molar-refractivity contribution in [3.63, 3.8) is 0 Å². The molecule has 0 aliphatic carbocycles. The van der Waals surface area contributed by atoms with E-state index in [2.05, 4.69) is 54.9 Å². The highest BCUT2D eigenvalue weighted by Gasteiger charge is 2.14. The average Bonchev–Trinajstić information content (AvgIpc) is 2.96. The molecule has 1 N–H and O–H groups in total. The molecule has 0 saturated heterocycles. The number of halogens is 1. The summed E-state index contributed by atoms with van der Waals surface area (Å²) < 4.78 is 15.6. The molecule has 4 aromatic rings. The van der Waals surface area contributed by atoms with Gasteiger partial charge in [-0.05, 0) is 67.8 Å². The molecule has 1 amide bonds. The molecule has 30 heavy (non-hydrogen) atoms. The standard InChI is InChI=1S/C26H25FN2O/c1-17-6-4-8-21(12-17)16-29-19(3)18(2)24-14-22(10-11-25(24)29)26(30)28-15-20-7-5-9-23(27)13-20/h4-14H,15-16H2,1-3H3,(H,28,30). The molecular weight excluding hydrogens is 375 g/mol. The molecule has 0 aliphatic heterocycles. The SMILES string of the molecule is Cc1cccc(Cn2c(C)c(C)c3cc(C(=O)NCc4cccc(F)c4)ccc32)c1. The van der Waals surface area contributed by atoms with Gasteiger partial charge in [-0.3, -0.25) is 4.79 Å². The molecule has 1 heterocycles. The van der Waals surface area contributed by atoms with E-state index in [-0.39, 0.29) is 11.7 Å². The minimum Gasteiger partial charge on any atom is -0.348 e. The van der Waals surface area contributed by atoms with Gasteiger partial charge in [0, 0.05) is 35.2 Å². The minimum absolute atomic E-state index is 0.162. The van der Waals surface area contributed by atoms with Crippen LogP contribution in [0.2, 0.25) is 0 Å². The predicted molar refractivity (Wildman–Crippen MR) is 119 cm³/mol. The van der Waals surface area contributed by atoms with Gasteiger partial charge in [0.05, 0.1) is 0 Å². The van der Waals surface area contributed by atoms with Crippen LogP contribution in [-0.2, 0) is 13.1 Å². The summed E-state index contributed by atoms with van der Waals surface area (Å²) in [6.45, 7) is 7.40. The molecule has 0 bridgehead atoms. The van der Waals surface area contributed by atoms with Crippen molar-refractivity contribution in [3.05, 3.63) is 106 Å². The second-order valence-corrected chi connectivity index (χ2v) is 7.83. The Morgan fingerprint density at radius 3 is 2.47 bits per heavy atom. The smallest absolute Gasteiger partial charge is 0.251 e. The highest BCUT2D eigenvalue weighted by atomic mass is 19.1. The van der Waals surface area contributed by atoms with Crippen LogP contribution in [0.25, 0.3) is 10.9 Å². The van der Waals surface area contributed by atoms with Gasteiger partial charge in [0.2, 0.25) is 0 Å². The Morgan fingerprint density at radius 1 is 0.933 bits per heavy atom. The molecule has 0 fully saturated rings. The molecule has 1 aromatic heterocycles. The number of hydrogen-bond donors (Lipinski definition) is 1. The second-order valence-electron chi connectivity index (χ2n) is 7.83. The first-order valence-electron chi connectivity index (χ1n) is 10.1. The lowest BCUT2D eigenvalue weighted by Crippen LogP contribution is -2.22. The first-order chi connectivity index (χ1) is 14.4. The van der Waals surface area contributed by atoms with Crippen LogP contribution in [-0.4, -0.2) is 10.5 Å². The van der Waals surface area contributed by atoms with Gasteiger partial charge in [0.15, 0.2) is 0 Å². The Labute approximate surface area is 176 Å². The summed E-state index contributed by atoms with van der Waals surface area (Å²) >= 11 is 0. The van der Waals surface area contributed by atoms with Crippen molar-refractivity contribution >= 4 is 16.8 Å². The molecule has 0 saturated carbocycles. The van der Waals surface area contributed by atoms with Gasteiger partial charge in [-0.25, -0.2) is 4.39 Å².